The van der Waals surface area contributed by atoms with Crippen LogP contribution in [-0.2, 0) is 11.3 Å². The molecule has 116 valence electrons. The topological polar surface area (TPSA) is 52.2 Å². The van der Waals surface area contributed by atoms with Crippen molar-refractivity contribution in [2.24, 2.45) is 0 Å². The minimum absolute atomic E-state index is 0.0242. The monoisotopic (exact) mass is 355 g/mol. The van der Waals surface area contributed by atoms with E-state index in [1.807, 2.05) is 31.8 Å². The van der Waals surface area contributed by atoms with E-state index in [0.717, 1.165) is 21.7 Å². The summed E-state index contributed by atoms with van der Waals surface area (Å²) in [5.74, 6) is 1.90. The first-order valence-electron chi connectivity index (χ1n) is 6.95. The molecule has 0 aliphatic rings. The predicted octanol–water partition coefficient (Wildman–Crippen LogP) is 3.12. The van der Waals surface area contributed by atoms with Gasteiger partial charge in [-0.05, 0) is 49.3 Å². The van der Waals surface area contributed by atoms with E-state index >= 15 is 0 Å². The van der Waals surface area contributed by atoms with E-state index < -0.39 is 0 Å². The second kappa shape index (κ2) is 6.77. The van der Waals surface area contributed by atoms with Crippen molar-refractivity contribution < 1.29 is 9.15 Å². The SMILES string of the molecule is CNC(c1c(C)oc(C)c1C)c1c(Br)cnn1CCOC. The molecule has 2 heterocycles. The number of aryl methyl sites for hydroxylation is 2. The predicted molar refractivity (Wildman–Crippen MR) is 85.6 cm³/mol. The van der Waals surface area contributed by atoms with Crippen molar-refractivity contribution in [2.75, 3.05) is 20.8 Å². The molecule has 0 bridgehead atoms. The normalized spacial score (nSPS) is 12.9. The molecule has 0 spiro atoms. The molecule has 0 radical (unpaired) electrons. The van der Waals surface area contributed by atoms with Crippen LogP contribution in [0.5, 0.6) is 0 Å². The maximum absolute atomic E-state index is 5.78. The van der Waals surface area contributed by atoms with Gasteiger partial charge >= 0.3 is 0 Å². The number of hydrogen-bond acceptors (Lipinski definition) is 4. The molecule has 1 N–H and O–H groups in total. The van der Waals surface area contributed by atoms with Crippen molar-refractivity contribution in [3.63, 3.8) is 0 Å². The zero-order valence-electron chi connectivity index (χ0n) is 13.2. The highest BCUT2D eigenvalue weighted by atomic mass is 79.9. The highest BCUT2D eigenvalue weighted by Gasteiger charge is 2.26. The summed E-state index contributed by atoms with van der Waals surface area (Å²) in [5, 5.41) is 7.81. The van der Waals surface area contributed by atoms with Gasteiger partial charge in [0.05, 0.1) is 35.6 Å². The maximum atomic E-state index is 5.78. The summed E-state index contributed by atoms with van der Waals surface area (Å²) < 4.78 is 13.9. The van der Waals surface area contributed by atoms with Gasteiger partial charge in [0.1, 0.15) is 11.5 Å². The lowest BCUT2D eigenvalue weighted by Crippen LogP contribution is -2.24. The fourth-order valence-electron chi connectivity index (χ4n) is 2.67. The van der Waals surface area contributed by atoms with Crippen molar-refractivity contribution in [3.8, 4) is 0 Å². The molecule has 6 heteroatoms. The van der Waals surface area contributed by atoms with Crippen molar-refractivity contribution in [1.29, 1.82) is 0 Å². The van der Waals surface area contributed by atoms with Crippen LogP contribution in [0.15, 0.2) is 15.1 Å². The zero-order chi connectivity index (χ0) is 15.6. The number of halogens is 1. The van der Waals surface area contributed by atoms with Gasteiger partial charge in [-0.25, -0.2) is 0 Å². The van der Waals surface area contributed by atoms with E-state index in [1.165, 1.54) is 11.1 Å². The quantitative estimate of drug-likeness (QED) is 0.864. The lowest BCUT2D eigenvalue weighted by atomic mass is 9.99. The lowest BCUT2D eigenvalue weighted by Gasteiger charge is -2.19. The molecular formula is C15H22BrN3O2. The molecule has 1 unspecified atom stereocenters. The molecule has 0 saturated carbocycles. The molecular weight excluding hydrogens is 334 g/mol. The van der Waals surface area contributed by atoms with Crippen LogP contribution in [0.1, 0.15) is 34.4 Å². The molecule has 0 fully saturated rings. The Kier molecular flexibility index (Phi) is 5.24. The van der Waals surface area contributed by atoms with Crippen LogP contribution in [0.25, 0.3) is 0 Å². The second-order valence-electron chi connectivity index (χ2n) is 5.07. The average molecular weight is 356 g/mol. The molecule has 2 aromatic heterocycles. The summed E-state index contributed by atoms with van der Waals surface area (Å²) in [4.78, 5) is 0. The molecule has 0 aliphatic carbocycles. The van der Waals surface area contributed by atoms with E-state index in [-0.39, 0.29) is 6.04 Å². The molecule has 0 aliphatic heterocycles. The summed E-state index contributed by atoms with van der Waals surface area (Å²) in [7, 11) is 3.65. The molecule has 21 heavy (non-hydrogen) atoms. The fraction of sp³-hybridized carbons (Fsp3) is 0.533. The first-order valence-corrected chi connectivity index (χ1v) is 7.74. The third-order valence-electron chi connectivity index (χ3n) is 3.81. The average Bonchev–Trinajstić information content (AvgIpc) is 2.93. The Balaban J connectivity index is 2.49. The third kappa shape index (κ3) is 3.07. The van der Waals surface area contributed by atoms with Gasteiger partial charge in [-0.1, -0.05) is 0 Å². The van der Waals surface area contributed by atoms with E-state index in [0.29, 0.717) is 13.2 Å². The Bertz CT molecular complexity index is 619. The Morgan fingerprint density at radius 1 is 1.38 bits per heavy atom. The number of hydrogen-bond donors (Lipinski definition) is 1. The van der Waals surface area contributed by atoms with Gasteiger partial charge in [-0.15, -0.1) is 0 Å². The summed E-state index contributed by atoms with van der Waals surface area (Å²) >= 11 is 3.61. The molecule has 2 aromatic rings. The van der Waals surface area contributed by atoms with Gasteiger partial charge in [0, 0.05) is 12.7 Å². The van der Waals surface area contributed by atoms with Crippen LogP contribution in [0.3, 0.4) is 0 Å². The first kappa shape index (κ1) is 16.3. The number of ether oxygens (including phenoxy) is 1. The Hall–Kier alpha value is -1.11. The minimum atomic E-state index is 0.0242. The van der Waals surface area contributed by atoms with Gasteiger partial charge in [0.25, 0.3) is 0 Å². The molecule has 0 amide bonds. The zero-order valence-corrected chi connectivity index (χ0v) is 14.7. The van der Waals surface area contributed by atoms with Crippen LogP contribution >= 0.6 is 15.9 Å². The standard InChI is InChI=1S/C15H22BrN3O2/c1-9-10(2)21-11(3)13(9)14(17-4)15-12(16)8-18-19(15)6-7-20-5/h8,14,17H,6-7H2,1-5H3. The maximum Gasteiger partial charge on any atom is 0.106 e. The molecule has 1 atom stereocenters. The minimum Gasteiger partial charge on any atom is -0.466 e. The number of aromatic nitrogens is 2. The van der Waals surface area contributed by atoms with E-state index in [2.05, 4.69) is 33.3 Å². The Morgan fingerprint density at radius 2 is 2.10 bits per heavy atom. The largest absolute Gasteiger partial charge is 0.466 e. The molecule has 5 nitrogen and oxygen atoms in total. The van der Waals surface area contributed by atoms with E-state index in [9.17, 15) is 0 Å². The van der Waals surface area contributed by atoms with Gasteiger partial charge in [-0.2, -0.15) is 5.10 Å². The van der Waals surface area contributed by atoms with Crippen LogP contribution in [0.4, 0.5) is 0 Å². The Morgan fingerprint density at radius 3 is 2.62 bits per heavy atom. The smallest absolute Gasteiger partial charge is 0.106 e. The number of furan rings is 1. The van der Waals surface area contributed by atoms with Crippen molar-refractivity contribution in [1.82, 2.24) is 15.1 Å². The summed E-state index contributed by atoms with van der Waals surface area (Å²) in [6.07, 6.45) is 1.83. The van der Waals surface area contributed by atoms with E-state index in [1.54, 1.807) is 7.11 Å². The third-order valence-corrected chi connectivity index (χ3v) is 4.42. The van der Waals surface area contributed by atoms with Gasteiger partial charge in [0.2, 0.25) is 0 Å². The summed E-state index contributed by atoms with van der Waals surface area (Å²) in [6.45, 7) is 7.43. The van der Waals surface area contributed by atoms with Crippen molar-refractivity contribution in [2.45, 2.75) is 33.4 Å². The summed E-state index contributed by atoms with van der Waals surface area (Å²) in [5.41, 5.74) is 3.44. The first-order chi connectivity index (χ1) is 10.0. The fourth-order valence-corrected chi connectivity index (χ4v) is 3.19. The molecule has 2 rings (SSSR count). The van der Waals surface area contributed by atoms with Crippen LogP contribution in [-0.4, -0.2) is 30.5 Å². The Labute approximate surface area is 133 Å². The molecule has 0 saturated heterocycles. The second-order valence-corrected chi connectivity index (χ2v) is 5.92. The van der Waals surface area contributed by atoms with Crippen molar-refractivity contribution in [3.05, 3.63) is 39.0 Å². The van der Waals surface area contributed by atoms with Crippen LogP contribution in [0, 0.1) is 20.8 Å². The number of rotatable bonds is 6. The summed E-state index contributed by atoms with van der Waals surface area (Å²) in [6, 6.07) is 0.0242. The number of nitrogens with one attached hydrogen (secondary N) is 1. The number of methoxy groups -OCH3 is 1. The van der Waals surface area contributed by atoms with E-state index in [4.69, 9.17) is 9.15 Å². The lowest BCUT2D eigenvalue weighted by molar-refractivity contribution is 0.182. The van der Waals surface area contributed by atoms with Gasteiger partial charge in [0.15, 0.2) is 0 Å². The van der Waals surface area contributed by atoms with Crippen LogP contribution in [0.2, 0.25) is 0 Å². The number of nitrogens with zero attached hydrogens (tertiary/aromatic N) is 2. The van der Waals surface area contributed by atoms with Gasteiger partial charge in [-0.3, -0.25) is 4.68 Å². The molecule has 0 aromatic carbocycles. The van der Waals surface area contributed by atoms with Crippen LogP contribution < -0.4 is 5.32 Å². The highest BCUT2D eigenvalue weighted by molar-refractivity contribution is 9.10. The van der Waals surface area contributed by atoms with Crippen molar-refractivity contribution >= 4 is 15.9 Å². The highest BCUT2D eigenvalue weighted by Crippen LogP contribution is 2.34. The van der Waals surface area contributed by atoms with Gasteiger partial charge < -0.3 is 14.5 Å².